The van der Waals surface area contributed by atoms with E-state index in [-0.39, 0.29) is 31.1 Å². The fourth-order valence-corrected chi connectivity index (χ4v) is 3.33. The highest BCUT2D eigenvalue weighted by Gasteiger charge is 2.42. The second-order valence-corrected chi connectivity index (χ2v) is 7.11. The van der Waals surface area contributed by atoms with Gasteiger partial charge in [-0.25, -0.2) is 13.9 Å². The maximum atomic E-state index is 14.9. The molecule has 1 fully saturated rings. The van der Waals surface area contributed by atoms with Gasteiger partial charge in [0.1, 0.15) is 17.6 Å². The van der Waals surface area contributed by atoms with E-state index < -0.39 is 30.2 Å². The molecule has 1 amide bonds. The lowest BCUT2D eigenvalue weighted by Gasteiger charge is -2.21. The number of hydrogen-bond acceptors (Lipinski definition) is 9. The number of carbonyl (C=O) groups excluding carboxylic acids is 2. The number of carbonyl (C=O) groups is 2. The summed E-state index contributed by atoms with van der Waals surface area (Å²) < 4.78 is 26.7. The number of aromatic nitrogens is 5. The van der Waals surface area contributed by atoms with Gasteiger partial charge in [-0.3, -0.25) is 14.7 Å². The van der Waals surface area contributed by atoms with Crippen LogP contribution < -0.4 is 10.6 Å². The summed E-state index contributed by atoms with van der Waals surface area (Å²) in [5, 5.41) is 11.2. The summed E-state index contributed by atoms with van der Waals surface area (Å²) in [5.41, 5.74) is 6.99. The number of anilines is 1. The third-order valence-electron chi connectivity index (χ3n) is 4.97. The third-order valence-corrected chi connectivity index (χ3v) is 4.97. The summed E-state index contributed by atoms with van der Waals surface area (Å²) >= 11 is 0. The van der Waals surface area contributed by atoms with Crippen molar-refractivity contribution in [3.63, 3.8) is 0 Å². The fraction of sp³-hybridized carbons (Fsp3) is 0.300. The Morgan fingerprint density at radius 3 is 2.70 bits per heavy atom. The van der Waals surface area contributed by atoms with Crippen LogP contribution in [0.15, 0.2) is 36.5 Å². The van der Waals surface area contributed by atoms with Gasteiger partial charge in [-0.05, 0) is 41.6 Å². The molecule has 1 unspecified atom stereocenters. The highest BCUT2D eigenvalue weighted by atomic mass is 35.5. The zero-order valence-electron chi connectivity index (χ0n) is 17.7. The second kappa shape index (κ2) is 9.88. The van der Waals surface area contributed by atoms with Crippen LogP contribution >= 0.6 is 12.4 Å². The maximum Gasteiger partial charge on any atom is 0.417 e. The number of esters is 1. The maximum absolute atomic E-state index is 14.9. The topological polar surface area (TPSA) is 138 Å². The molecule has 0 radical (unpaired) electrons. The van der Waals surface area contributed by atoms with Gasteiger partial charge in [0.25, 0.3) is 6.29 Å². The molecular formula is C20H21ClFN7O4. The molecule has 33 heavy (non-hydrogen) atoms. The Kier molecular flexibility index (Phi) is 7.19. The zero-order valence-corrected chi connectivity index (χ0v) is 18.5. The molecule has 2 atom stereocenters. The van der Waals surface area contributed by atoms with E-state index in [9.17, 15) is 14.0 Å². The minimum Gasteiger partial charge on any atom is -0.423 e. The number of ether oxygens (including phenoxy) is 2. The molecule has 1 aromatic carbocycles. The van der Waals surface area contributed by atoms with E-state index in [1.807, 2.05) is 0 Å². The normalized spacial score (nSPS) is 17.5. The number of cyclic esters (lactones) is 1. The van der Waals surface area contributed by atoms with Gasteiger partial charge >= 0.3 is 12.1 Å². The Morgan fingerprint density at radius 2 is 2.09 bits per heavy atom. The lowest BCUT2D eigenvalue weighted by molar-refractivity contribution is -0.164. The summed E-state index contributed by atoms with van der Waals surface area (Å²) in [6.07, 6.45) is -0.319. The first kappa shape index (κ1) is 24.0. The van der Waals surface area contributed by atoms with E-state index in [1.165, 1.54) is 21.8 Å². The number of halogens is 2. The minimum atomic E-state index is -1.10. The molecule has 3 heterocycles. The van der Waals surface area contributed by atoms with Crippen LogP contribution in [0.25, 0.3) is 22.6 Å². The number of nitrogens with two attached hydrogens (primary N) is 1. The Hall–Kier alpha value is -3.64. The van der Waals surface area contributed by atoms with E-state index in [2.05, 4.69) is 20.5 Å². The van der Waals surface area contributed by atoms with Crippen LogP contribution in [0.1, 0.15) is 13.3 Å². The summed E-state index contributed by atoms with van der Waals surface area (Å²) in [4.78, 5) is 29.5. The van der Waals surface area contributed by atoms with Gasteiger partial charge in [-0.1, -0.05) is 6.07 Å². The van der Waals surface area contributed by atoms with Crippen LogP contribution in [0.3, 0.4) is 0 Å². The molecule has 0 bridgehead atoms. The minimum absolute atomic E-state index is 0. The van der Waals surface area contributed by atoms with Crippen LogP contribution in [0, 0.1) is 5.82 Å². The van der Waals surface area contributed by atoms with Crippen molar-refractivity contribution < 1.29 is 23.5 Å². The molecule has 1 aliphatic heterocycles. The molecule has 0 spiro atoms. The van der Waals surface area contributed by atoms with Gasteiger partial charge in [-0.2, -0.15) is 0 Å². The first-order valence-electron chi connectivity index (χ1n) is 9.77. The molecule has 1 aliphatic rings. The monoisotopic (exact) mass is 477 g/mol. The summed E-state index contributed by atoms with van der Waals surface area (Å²) in [6.45, 7) is 1.76. The van der Waals surface area contributed by atoms with Crippen molar-refractivity contribution >= 4 is 30.2 Å². The molecular weight excluding hydrogens is 457 g/mol. The van der Waals surface area contributed by atoms with Crippen molar-refractivity contribution in [2.45, 2.75) is 25.7 Å². The Bertz CT molecular complexity index is 1160. The first-order valence-corrected chi connectivity index (χ1v) is 9.77. The van der Waals surface area contributed by atoms with E-state index >= 15 is 0 Å². The summed E-state index contributed by atoms with van der Waals surface area (Å²) in [7, 11) is 1.69. The predicted molar refractivity (Wildman–Crippen MR) is 117 cm³/mol. The number of pyridine rings is 1. The van der Waals surface area contributed by atoms with Crippen molar-refractivity contribution in [2.24, 2.45) is 12.8 Å². The standard InChI is InChI=1S/C20H20FN7O4.ClH/c1-11-19(31-17(29)7-8-22)32-20(30)28(11)13-4-5-14(15(21)9-13)12-3-6-16(23-10-12)18-24-25-26-27(18)2;/h3-6,9-11,19H,7-8,22H2,1-2H3;1H/t11-,19?;/m1./s1. The molecule has 13 heteroatoms. The van der Waals surface area contributed by atoms with Crippen molar-refractivity contribution in [2.75, 3.05) is 11.4 Å². The van der Waals surface area contributed by atoms with Gasteiger partial charge < -0.3 is 15.2 Å². The Labute approximate surface area is 194 Å². The van der Waals surface area contributed by atoms with Gasteiger partial charge in [-0.15, -0.1) is 17.5 Å². The van der Waals surface area contributed by atoms with Crippen LogP contribution in [0.2, 0.25) is 0 Å². The molecule has 174 valence electrons. The van der Waals surface area contributed by atoms with Crippen LogP contribution in [-0.4, -0.2) is 56.1 Å². The van der Waals surface area contributed by atoms with Gasteiger partial charge in [0.2, 0.25) is 0 Å². The lowest BCUT2D eigenvalue weighted by atomic mass is 10.1. The highest BCUT2D eigenvalue weighted by Crippen LogP contribution is 2.32. The quantitative estimate of drug-likeness (QED) is 0.528. The van der Waals surface area contributed by atoms with E-state index in [0.29, 0.717) is 22.6 Å². The number of benzene rings is 1. The molecule has 4 rings (SSSR count). The Morgan fingerprint density at radius 1 is 1.30 bits per heavy atom. The second-order valence-electron chi connectivity index (χ2n) is 7.11. The van der Waals surface area contributed by atoms with Gasteiger partial charge in [0.05, 0.1) is 12.1 Å². The number of tetrazole rings is 1. The van der Waals surface area contributed by atoms with Gasteiger partial charge in [0.15, 0.2) is 5.82 Å². The van der Waals surface area contributed by atoms with Crippen LogP contribution in [-0.2, 0) is 21.3 Å². The van der Waals surface area contributed by atoms with Crippen molar-refractivity contribution in [3.05, 3.63) is 42.3 Å². The molecule has 0 saturated carbocycles. The Balaban J connectivity index is 0.00000306. The molecule has 1 saturated heterocycles. The van der Waals surface area contributed by atoms with Crippen molar-refractivity contribution in [1.82, 2.24) is 25.2 Å². The van der Waals surface area contributed by atoms with Crippen LogP contribution in [0.4, 0.5) is 14.9 Å². The molecule has 3 aromatic rings. The van der Waals surface area contributed by atoms with E-state index in [0.717, 1.165) is 0 Å². The largest absolute Gasteiger partial charge is 0.423 e. The van der Waals surface area contributed by atoms with Crippen molar-refractivity contribution in [1.29, 1.82) is 0 Å². The number of rotatable bonds is 6. The molecule has 2 N–H and O–H groups in total. The molecule has 11 nitrogen and oxygen atoms in total. The summed E-state index contributed by atoms with van der Waals surface area (Å²) in [6, 6.07) is 7.09. The van der Waals surface area contributed by atoms with E-state index in [4.69, 9.17) is 15.2 Å². The predicted octanol–water partition coefficient (Wildman–Crippen LogP) is 2.06. The highest BCUT2D eigenvalue weighted by molar-refractivity contribution is 5.91. The van der Waals surface area contributed by atoms with Gasteiger partial charge in [0, 0.05) is 30.9 Å². The lowest BCUT2D eigenvalue weighted by Crippen LogP contribution is -2.36. The molecule has 0 aliphatic carbocycles. The SMILES string of the molecule is C[C@@H]1C(OC(=O)CCN)OC(=O)N1c1ccc(-c2ccc(-c3nnnn3C)nc2)c(F)c1.Cl. The zero-order chi connectivity index (χ0) is 22.8. The van der Waals surface area contributed by atoms with Crippen molar-refractivity contribution in [3.8, 4) is 22.6 Å². The number of aryl methyl sites for hydroxylation is 1. The van der Waals surface area contributed by atoms with E-state index in [1.54, 1.807) is 38.2 Å². The first-order chi connectivity index (χ1) is 15.4. The number of nitrogens with zero attached hydrogens (tertiary/aromatic N) is 6. The average Bonchev–Trinajstić information content (AvgIpc) is 3.31. The number of amides is 1. The fourth-order valence-electron chi connectivity index (χ4n) is 3.33. The average molecular weight is 478 g/mol. The number of hydrogen-bond donors (Lipinski definition) is 1. The smallest absolute Gasteiger partial charge is 0.417 e. The third kappa shape index (κ3) is 4.76. The summed E-state index contributed by atoms with van der Waals surface area (Å²) in [5.74, 6) is -0.648. The van der Waals surface area contributed by atoms with Crippen LogP contribution in [0.5, 0.6) is 0 Å². The molecule has 2 aromatic heterocycles.